The molecule has 3 aromatic rings. The SMILES string of the molecule is Cc1nc(Cl)nc(Nc2ccc(N=Nc3ccc(S(=O)(=O)O)cc3S(=O)(=O)O)c(C)c2)n1. The van der Waals surface area contributed by atoms with Crippen molar-refractivity contribution in [1.29, 1.82) is 0 Å². The monoisotopic (exact) mass is 498 g/mol. The Bertz CT molecular complexity index is 1420. The predicted molar refractivity (Wildman–Crippen MR) is 114 cm³/mol. The maximum Gasteiger partial charge on any atom is 0.296 e. The Labute approximate surface area is 187 Å². The highest BCUT2D eigenvalue weighted by atomic mass is 35.5. The standard InChI is InChI=1S/C17H15ClN6O6S2/c1-9-7-11(21-17-20-10(2)19-16(18)22-17)3-5-13(9)23-24-14-6-4-12(31(25,26)27)8-15(14)32(28,29)30/h3-8H,1-2H3,(H,25,26,27)(H,28,29,30)(H,19,20,21,22). The molecule has 0 bridgehead atoms. The molecule has 0 amide bonds. The van der Waals surface area contributed by atoms with E-state index in [1.165, 1.54) is 0 Å². The third-order valence-electron chi connectivity index (χ3n) is 3.95. The molecule has 0 aliphatic heterocycles. The highest BCUT2D eigenvalue weighted by molar-refractivity contribution is 7.86. The summed E-state index contributed by atoms with van der Waals surface area (Å²) in [5.74, 6) is 0.678. The summed E-state index contributed by atoms with van der Waals surface area (Å²) in [4.78, 5) is 10.4. The van der Waals surface area contributed by atoms with Crippen molar-refractivity contribution < 1.29 is 25.9 Å². The van der Waals surface area contributed by atoms with Crippen LogP contribution in [0.25, 0.3) is 0 Å². The predicted octanol–water partition coefficient (Wildman–Crippen LogP) is 3.79. The van der Waals surface area contributed by atoms with E-state index in [0.29, 0.717) is 28.8 Å². The van der Waals surface area contributed by atoms with Gasteiger partial charge in [-0.25, -0.2) is 4.98 Å². The van der Waals surface area contributed by atoms with E-state index in [-0.39, 0.29) is 16.9 Å². The number of rotatable bonds is 6. The maximum absolute atomic E-state index is 11.6. The van der Waals surface area contributed by atoms with Gasteiger partial charge in [0.15, 0.2) is 0 Å². The Hall–Kier alpha value is -3.04. The van der Waals surface area contributed by atoms with Gasteiger partial charge in [-0.2, -0.15) is 31.9 Å². The van der Waals surface area contributed by atoms with Crippen LogP contribution in [0.15, 0.2) is 56.4 Å². The summed E-state index contributed by atoms with van der Waals surface area (Å²) in [5, 5.41) is 10.8. The van der Waals surface area contributed by atoms with Gasteiger partial charge in [-0.05, 0) is 67.4 Å². The first-order valence-electron chi connectivity index (χ1n) is 8.59. The molecule has 0 spiro atoms. The number of azo groups is 1. The first-order valence-corrected chi connectivity index (χ1v) is 11.9. The van der Waals surface area contributed by atoms with Gasteiger partial charge in [-0.3, -0.25) is 9.11 Å². The number of nitrogens with one attached hydrogen (secondary N) is 1. The van der Waals surface area contributed by atoms with Crippen LogP contribution in [-0.2, 0) is 20.2 Å². The van der Waals surface area contributed by atoms with E-state index in [1.807, 2.05) is 0 Å². The van der Waals surface area contributed by atoms with Gasteiger partial charge in [0.25, 0.3) is 20.2 Å². The van der Waals surface area contributed by atoms with Crippen LogP contribution in [0.2, 0.25) is 5.28 Å². The summed E-state index contributed by atoms with van der Waals surface area (Å²) < 4.78 is 64.2. The fraction of sp³-hybridized carbons (Fsp3) is 0.118. The number of halogens is 1. The number of hydrogen-bond acceptors (Lipinski definition) is 10. The second-order valence-corrected chi connectivity index (χ2v) is 9.53. The molecule has 0 saturated carbocycles. The summed E-state index contributed by atoms with van der Waals surface area (Å²) in [6.45, 7) is 3.38. The van der Waals surface area contributed by atoms with Gasteiger partial charge in [-0.1, -0.05) is 0 Å². The van der Waals surface area contributed by atoms with Gasteiger partial charge in [-0.15, -0.1) is 5.11 Å². The Morgan fingerprint density at radius 1 is 0.875 bits per heavy atom. The molecule has 1 heterocycles. The first-order chi connectivity index (χ1) is 14.8. The Morgan fingerprint density at radius 3 is 2.12 bits per heavy atom. The molecule has 0 atom stereocenters. The molecule has 15 heteroatoms. The molecule has 0 unspecified atom stereocenters. The molecule has 0 saturated heterocycles. The number of nitrogens with zero attached hydrogens (tertiary/aromatic N) is 5. The number of aryl methyl sites for hydroxylation is 2. The maximum atomic E-state index is 11.6. The van der Waals surface area contributed by atoms with Crippen LogP contribution in [0.4, 0.5) is 23.0 Å². The Kier molecular flexibility index (Phi) is 6.52. The Morgan fingerprint density at radius 2 is 1.53 bits per heavy atom. The van der Waals surface area contributed by atoms with Gasteiger partial charge in [0, 0.05) is 5.69 Å². The van der Waals surface area contributed by atoms with Crippen LogP contribution in [0.1, 0.15) is 11.4 Å². The van der Waals surface area contributed by atoms with Crippen molar-refractivity contribution in [1.82, 2.24) is 15.0 Å². The average Bonchev–Trinajstić information content (AvgIpc) is 2.65. The highest BCUT2D eigenvalue weighted by Gasteiger charge is 2.20. The number of hydrogen-bond donors (Lipinski definition) is 3. The summed E-state index contributed by atoms with van der Waals surface area (Å²) in [6.07, 6.45) is 0. The zero-order valence-electron chi connectivity index (χ0n) is 16.4. The van der Waals surface area contributed by atoms with E-state index in [2.05, 4.69) is 30.5 Å². The van der Waals surface area contributed by atoms with Crippen molar-refractivity contribution in [3.63, 3.8) is 0 Å². The van der Waals surface area contributed by atoms with Crippen molar-refractivity contribution in [2.45, 2.75) is 23.6 Å². The normalized spacial score (nSPS) is 12.3. The van der Waals surface area contributed by atoms with Crippen LogP contribution in [0.3, 0.4) is 0 Å². The molecule has 0 radical (unpaired) electrons. The van der Waals surface area contributed by atoms with Crippen molar-refractivity contribution in [2.24, 2.45) is 10.2 Å². The topological polar surface area (TPSA) is 184 Å². The molecular formula is C17H15ClN6O6S2. The van der Waals surface area contributed by atoms with Crippen molar-refractivity contribution in [2.75, 3.05) is 5.32 Å². The fourth-order valence-corrected chi connectivity index (χ4v) is 3.96. The highest BCUT2D eigenvalue weighted by Crippen LogP contribution is 2.30. The summed E-state index contributed by atoms with van der Waals surface area (Å²) in [6, 6.07) is 7.43. The number of aromatic nitrogens is 3. The molecule has 0 fully saturated rings. The van der Waals surface area contributed by atoms with E-state index >= 15 is 0 Å². The zero-order valence-corrected chi connectivity index (χ0v) is 18.8. The summed E-state index contributed by atoms with van der Waals surface area (Å²) >= 11 is 5.81. The van der Waals surface area contributed by atoms with Crippen molar-refractivity contribution in [3.8, 4) is 0 Å². The largest absolute Gasteiger partial charge is 0.324 e. The number of benzene rings is 2. The van der Waals surface area contributed by atoms with Gasteiger partial charge in [0.05, 0.1) is 10.6 Å². The third-order valence-corrected chi connectivity index (χ3v) is 5.85. The van der Waals surface area contributed by atoms with Crippen molar-refractivity contribution >= 4 is 54.8 Å². The van der Waals surface area contributed by atoms with Crippen LogP contribution in [-0.4, -0.2) is 40.9 Å². The van der Waals surface area contributed by atoms with E-state index in [0.717, 1.165) is 12.1 Å². The minimum Gasteiger partial charge on any atom is -0.324 e. The minimum absolute atomic E-state index is 0.0387. The quantitative estimate of drug-likeness (QED) is 0.333. The fourth-order valence-electron chi connectivity index (χ4n) is 2.53. The third kappa shape index (κ3) is 5.80. The van der Waals surface area contributed by atoms with Gasteiger partial charge in [0.2, 0.25) is 11.2 Å². The lowest BCUT2D eigenvalue weighted by Crippen LogP contribution is -2.03. The lowest BCUT2D eigenvalue weighted by Gasteiger charge is -2.08. The molecule has 3 N–H and O–H groups in total. The molecule has 0 aliphatic rings. The first kappa shape index (κ1) is 23.6. The lowest BCUT2D eigenvalue weighted by atomic mass is 10.2. The summed E-state index contributed by atoms with van der Waals surface area (Å²) in [5.41, 5.74) is 1.29. The van der Waals surface area contributed by atoms with Crippen LogP contribution < -0.4 is 5.32 Å². The molecule has 12 nitrogen and oxygen atoms in total. The van der Waals surface area contributed by atoms with E-state index in [1.54, 1.807) is 32.0 Å². The molecule has 0 aliphatic carbocycles. The molecule has 32 heavy (non-hydrogen) atoms. The zero-order chi connectivity index (χ0) is 23.7. The van der Waals surface area contributed by atoms with E-state index < -0.39 is 30.0 Å². The second-order valence-electron chi connectivity index (χ2n) is 6.38. The molecule has 2 aromatic carbocycles. The summed E-state index contributed by atoms with van der Waals surface area (Å²) in [7, 11) is -9.54. The van der Waals surface area contributed by atoms with Gasteiger partial charge in [0.1, 0.15) is 16.4 Å². The van der Waals surface area contributed by atoms with Crippen molar-refractivity contribution in [3.05, 3.63) is 53.1 Å². The smallest absolute Gasteiger partial charge is 0.296 e. The second kappa shape index (κ2) is 8.84. The molecule has 168 valence electrons. The molecular weight excluding hydrogens is 484 g/mol. The minimum atomic E-state index is -4.85. The average molecular weight is 499 g/mol. The van der Waals surface area contributed by atoms with Crippen LogP contribution in [0, 0.1) is 13.8 Å². The van der Waals surface area contributed by atoms with Crippen LogP contribution >= 0.6 is 11.6 Å². The van der Waals surface area contributed by atoms with E-state index in [4.69, 9.17) is 16.2 Å². The van der Waals surface area contributed by atoms with Gasteiger partial charge >= 0.3 is 0 Å². The Balaban J connectivity index is 1.91. The lowest BCUT2D eigenvalue weighted by molar-refractivity contribution is 0.481. The molecule has 1 aromatic heterocycles. The van der Waals surface area contributed by atoms with Gasteiger partial charge < -0.3 is 5.32 Å². The van der Waals surface area contributed by atoms with Crippen LogP contribution in [0.5, 0.6) is 0 Å². The number of anilines is 2. The van der Waals surface area contributed by atoms with E-state index in [9.17, 15) is 21.4 Å². The molecule has 3 rings (SSSR count).